The fourth-order valence-corrected chi connectivity index (χ4v) is 5.15. The number of aromatic amines is 1. The molecule has 182 valence electrons. The number of nitrogens with one attached hydrogen (secondary N) is 3. The third-order valence-corrected chi connectivity index (χ3v) is 7.59. The number of nitrogens with zero attached hydrogens (tertiary/aromatic N) is 1. The summed E-state index contributed by atoms with van der Waals surface area (Å²) < 4.78 is 17.5. The van der Waals surface area contributed by atoms with Crippen molar-refractivity contribution < 1.29 is 19.0 Å². The van der Waals surface area contributed by atoms with Crippen LogP contribution in [0.3, 0.4) is 0 Å². The Morgan fingerprint density at radius 1 is 1.26 bits per heavy atom. The van der Waals surface area contributed by atoms with Crippen molar-refractivity contribution in [2.45, 2.75) is 37.2 Å². The number of methoxy groups -OCH3 is 1. The zero-order valence-electron chi connectivity index (χ0n) is 19.7. The molecule has 1 saturated carbocycles. The first-order valence-electron chi connectivity index (χ1n) is 11.8. The lowest BCUT2D eigenvalue weighted by molar-refractivity contribution is -0.152. The van der Waals surface area contributed by atoms with Gasteiger partial charge in [0.05, 0.1) is 47.6 Å². The first-order chi connectivity index (χ1) is 16.9. The molecule has 3 N–H and O–H groups in total. The van der Waals surface area contributed by atoms with Gasteiger partial charge < -0.3 is 29.8 Å². The predicted molar refractivity (Wildman–Crippen MR) is 133 cm³/mol. The number of hydrogen-bond donors (Lipinski definition) is 3. The topological polar surface area (TPSA) is 97.5 Å². The van der Waals surface area contributed by atoms with E-state index in [1.165, 1.54) is 0 Å². The molecule has 8 nitrogen and oxygen atoms in total. The van der Waals surface area contributed by atoms with E-state index in [-0.39, 0.29) is 16.9 Å². The van der Waals surface area contributed by atoms with Crippen LogP contribution in [0.2, 0.25) is 5.02 Å². The van der Waals surface area contributed by atoms with E-state index in [4.69, 9.17) is 25.8 Å². The van der Waals surface area contributed by atoms with E-state index < -0.39 is 0 Å². The van der Waals surface area contributed by atoms with Gasteiger partial charge in [0, 0.05) is 35.8 Å². The lowest BCUT2D eigenvalue weighted by Gasteiger charge is -2.38. The van der Waals surface area contributed by atoms with Crippen LogP contribution < -0.4 is 20.1 Å². The fourth-order valence-electron chi connectivity index (χ4n) is 4.90. The van der Waals surface area contributed by atoms with Crippen LogP contribution >= 0.6 is 11.6 Å². The van der Waals surface area contributed by atoms with Crippen LogP contribution in [0, 0.1) is 0 Å². The highest BCUT2D eigenvalue weighted by atomic mass is 35.5. The van der Waals surface area contributed by atoms with Gasteiger partial charge in [-0.2, -0.15) is 0 Å². The maximum absolute atomic E-state index is 13.2. The van der Waals surface area contributed by atoms with Crippen molar-refractivity contribution in [2.24, 2.45) is 0 Å². The molecule has 4 heterocycles. The lowest BCUT2D eigenvalue weighted by atomic mass is 9.93. The van der Waals surface area contributed by atoms with Crippen molar-refractivity contribution in [2.75, 3.05) is 32.2 Å². The number of halogens is 1. The molecule has 2 fully saturated rings. The summed E-state index contributed by atoms with van der Waals surface area (Å²) in [6.45, 7) is 3.84. The fraction of sp³-hybridized carbons (Fsp3) is 0.385. The predicted octanol–water partition coefficient (Wildman–Crippen LogP) is 4.82. The molecule has 9 heteroatoms. The van der Waals surface area contributed by atoms with Gasteiger partial charge in [0.1, 0.15) is 18.0 Å². The molecule has 0 bridgehead atoms. The van der Waals surface area contributed by atoms with Crippen LogP contribution in [0.5, 0.6) is 11.5 Å². The largest absolute Gasteiger partial charge is 0.493 e. The smallest absolute Gasteiger partial charge is 0.255 e. The van der Waals surface area contributed by atoms with Gasteiger partial charge in [0.2, 0.25) is 0 Å². The average Bonchev–Trinajstić information content (AvgIpc) is 3.52. The molecule has 1 aliphatic carbocycles. The number of amides is 1. The van der Waals surface area contributed by atoms with E-state index >= 15 is 0 Å². The number of rotatable bonds is 7. The Bertz CT molecular complexity index is 1310. The van der Waals surface area contributed by atoms with Gasteiger partial charge in [-0.1, -0.05) is 17.7 Å². The van der Waals surface area contributed by atoms with Crippen LogP contribution in [0.15, 0.2) is 36.7 Å². The second-order valence-corrected chi connectivity index (χ2v) is 10.1. The highest BCUT2D eigenvalue weighted by molar-refractivity contribution is 6.32. The number of benzene rings is 1. The summed E-state index contributed by atoms with van der Waals surface area (Å²) in [7, 11) is 1.57. The number of para-hydroxylation sites is 1. The Labute approximate surface area is 208 Å². The van der Waals surface area contributed by atoms with Crippen LogP contribution in [-0.2, 0) is 10.2 Å². The van der Waals surface area contributed by atoms with Crippen LogP contribution in [0.1, 0.15) is 42.2 Å². The number of fused-ring (bicyclic) bond motifs is 2. The van der Waals surface area contributed by atoms with Gasteiger partial charge in [0.15, 0.2) is 5.75 Å². The van der Waals surface area contributed by atoms with E-state index in [1.54, 1.807) is 25.6 Å². The summed E-state index contributed by atoms with van der Waals surface area (Å²) in [6.07, 6.45) is 6.42. The van der Waals surface area contributed by atoms with Crippen molar-refractivity contribution in [1.82, 2.24) is 15.3 Å². The first kappa shape index (κ1) is 22.2. The zero-order chi connectivity index (χ0) is 24.2. The van der Waals surface area contributed by atoms with Crippen LogP contribution in [0.4, 0.5) is 11.4 Å². The molecule has 2 aromatic heterocycles. The van der Waals surface area contributed by atoms with E-state index in [9.17, 15) is 4.79 Å². The summed E-state index contributed by atoms with van der Waals surface area (Å²) in [4.78, 5) is 21.1. The van der Waals surface area contributed by atoms with E-state index in [0.717, 1.165) is 42.8 Å². The Kier molecular flexibility index (Phi) is 5.19. The number of pyridine rings is 1. The average molecular weight is 495 g/mol. The Morgan fingerprint density at radius 3 is 2.80 bits per heavy atom. The van der Waals surface area contributed by atoms with E-state index in [0.29, 0.717) is 46.6 Å². The second kappa shape index (κ2) is 8.17. The number of ether oxygens (including phenoxy) is 3. The minimum absolute atomic E-state index is 0.0579. The molecule has 1 aromatic carbocycles. The number of carbonyl (C=O) groups excluding carboxylic acids is 1. The lowest BCUT2D eigenvalue weighted by Crippen LogP contribution is -2.45. The van der Waals surface area contributed by atoms with E-state index in [2.05, 4.69) is 20.6 Å². The molecule has 1 atom stereocenters. The molecule has 2 aliphatic heterocycles. The molecule has 0 unspecified atom stereocenters. The number of hydrogen-bond acceptors (Lipinski definition) is 6. The normalized spacial score (nSPS) is 21.6. The molecule has 1 spiro atoms. The Morgan fingerprint density at radius 2 is 2.09 bits per heavy atom. The molecule has 6 rings (SSSR count). The summed E-state index contributed by atoms with van der Waals surface area (Å²) in [5.41, 5.74) is 4.11. The number of anilines is 2. The van der Waals surface area contributed by atoms with Crippen molar-refractivity contribution in [1.29, 1.82) is 0 Å². The quantitative estimate of drug-likeness (QED) is 0.436. The minimum atomic E-state index is -0.296. The van der Waals surface area contributed by atoms with Gasteiger partial charge in [-0.05, 0) is 38.0 Å². The van der Waals surface area contributed by atoms with Gasteiger partial charge in [0.25, 0.3) is 5.91 Å². The first-order valence-corrected chi connectivity index (χ1v) is 12.2. The van der Waals surface area contributed by atoms with Crippen LogP contribution in [0.25, 0.3) is 11.3 Å². The second-order valence-electron chi connectivity index (χ2n) is 9.74. The summed E-state index contributed by atoms with van der Waals surface area (Å²) in [5.74, 6) is 1.01. The van der Waals surface area contributed by atoms with Gasteiger partial charge in [-0.25, -0.2) is 0 Å². The molecule has 3 aliphatic rings. The molecule has 1 amide bonds. The molecule has 3 aromatic rings. The number of H-pyrrole nitrogens is 1. The molecular weight excluding hydrogens is 468 g/mol. The Hall–Kier alpha value is -3.23. The van der Waals surface area contributed by atoms with Gasteiger partial charge >= 0.3 is 0 Å². The van der Waals surface area contributed by atoms with Crippen LogP contribution in [-0.4, -0.2) is 48.3 Å². The number of aromatic nitrogens is 2. The van der Waals surface area contributed by atoms with Crippen molar-refractivity contribution in [3.63, 3.8) is 0 Å². The maximum atomic E-state index is 13.2. The summed E-state index contributed by atoms with van der Waals surface area (Å²) >= 11 is 6.39. The number of carbonyl (C=O) groups is 1. The summed E-state index contributed by atoms with van der Waals surface area (Å²) in [5, 5.41) is 7.02. The SMILES string of the molecule is COc1c(Cl)cccc1Nc1c(-c2ccncc2OC[C@]2(C)CCO2)[nH]c2c1C(=O)NCC21CC1. The van der Waals surface area contributed by atoms with Gasteiger partial charge in [-0.15, -0.1) is 0 Å². The minimum Gasteiger partial charge on any atom is -0.493 e. The van der Waals surface area contributed by atoms with Crippen molar-refractivity contribution in [3.05, 3.63) is 52.9 Å². The molecular formula is C26H27ClN4O4. The Balaban J connectivity index is 1.48. The van der Waals surface area contributed by atoms with E-state index in [1.807, 2.05) is 25.1 Å². The summed E-state index contributed by atoms with van der Waals surface area (Å²) in [6, 6.07) is 7.38. The third-order valence-electron chi connectivity index (χ3n) is 7.30. The molecule has 0 radical (unpaired) electrons. The van der Waals surface area contributed by atoms with Gasteiger partial charge in [-0.3, -0.25) is 9.78 Å². The monoisotopic (exact) mass is 494 g/mol. The maximum Gasteiger partial charge on any atom is 0.255 e. The highest BCUT2D eigenvalue weighted by Gasteiger charge is 2.51. The van der Waals surface area contributed by atoms with Crippen molar-refractivity contribution in [3.8, 4) is 22.8 Å². The van der Waals surface area contributed by atoms with Crippen molar-refractivity contribution >= 4 is 28.9 Å². The zero-order valence-corrected chi connectivity index (χ0v) is 20.4. The molecule has 35 heavy (non-hydrogen) atoms. The standard InChI is InChI=1S/C26H27ClN4O4/c1-25(9-11-35-25)14-34-18-12-28-10-6-15(18)20-21(30-17-5-3-4-16(27)22(17)33-2)19-23(31-20)26(7-8-26)13-29-24(19)32/h3-6,10,12,30-31H,7-9,11,13-14H2,1-2H3,(H,29,32)/t25-/m0/s1. The highest BCUT2D eigenvalue weighted by Crippen LogP contribution is 2.54. The third kappa shape index (κ3) is 3.72. The molecule has 1 saturated heterocycles.